The van der Waals surface area contributed by atoms with E-state index in [1.165, 1.54) is 11.0 Å². The Bertz CT molecular complexity index is 1260. The Kier molecular flexibility index (Phi) is 8.57. The lowest BCUT2D eigenvalue weighted by Gasteiger charge is -2.16. The average Bonchev–Trinajstić information content (AvgIpc) is 3.22. The summed E-state index contributed by atoms with van der Waals surface area (Å²) in [5.74, 6) is 1.41. The highest BCUT2D eigenvalue weighted by molar-refractivity contribution is 6.30. The molecule has 2 N–H and O–H groups in total. The molecule has 0 atom stereocenters. The largest absolute Gasteiger partial charge is 0.346 e. The van der Waals surface area contributed by atoms with Crippen LogP contribution in [0.25, 0.3) is 17.1 Å². The molecular weight excluding hydrogens is 462 g/mol. The third kappa shape index (κ3) is 6.23. The number of likely N-dealkylation sites (N-methyl/N-ethyl adjacent to an activating group) is 2. The number of nitrogens with one attached hydrogen (secondary N) is 2. The molecule has 182 valence electrons. The Morgan fingerprint density at radius 3 is 2.51 bits per heavy atom. The van der Waals surface area contributed by atoms with Gasteiger partial charge in [-0.15, -0.1) is 0 Å². The lowest BCUT2D eigenvalue weighted by Crippen LogP contribution is -2.25. The zero-order valence-corrected chi connectivity index (χ0v) is 21.3. The highest BCUT2D eigenvalue weighted by atomic mass is 35.5. The number of hydrogen-bond acceptors (Lipinski definition) is 6. The molecule has 0 radical (unpaired) electrons. The minimum absolute atomic E-state index is 0.179. The number of anilines is 2. The first-order chi connectivity index (χ1) is 16.7. The molecule has 0 unspecified atom stereocenters. The van der Waals surface area contributed by atoms with Crippen LogP contribution in [0.5, 0.6) is 0 Å². The number of halogens is 1. The van der Waals surface area contributed by atoms with Crippen LogP contribution in [0, 0.1) is 5.41 Å². The molecule has 0 bridgehead atoms. The molecule has 0 saturated heterocycles. The number of nitrogens with zero attached hydrogens (tertiary/aromatic N) is 5. The van der Waals surface area contributed by atoms with E-state index in [1.54, 1.807) is 43.1 Å². The van der Waals surface area contributed by atoms with Gasteiger partial charge in [-0.3, -0.25) is 9.69 Å². The van der Waals surface area contributed by atoms with Gasteiger partial charge in [0.15, 0.2) is 5.82 Å². The van der Waals surface area contributed by atoms with Gasteiger partial charge in [-0.1, -0.05) is 42.0 Å². The maximum absolute atomic E-state index is 12.6. The van der Waals surface area contributed by atoms with Crippen molar-refractivity contribution in [3.05, 3.63) is 77.5 Å². The van der Waals surface area contributed by atoms with Crippen LogP contribution >= 0.6 is 11.6 Å². The van der Waals surface area contributed by atoms with Crippen molar-refractivity contribution >= 4 is 34.9 Å². The number of benzene rings is 1. The molecule has 0 saturated carbocycles. The number of carbonyl (C=O) groups excluding carboxylic acids is 1. The first kappa shape index (κ1) is 25.9. The van der Waals surface area contributed by atoms with Crippen LogP contribution in [0.4, 0.5) is 11.6 Å². The lowest BCUT2D eigenvalue weighted by atomic mass is 10.0. The lowest BCUT2D eigenvalue weighted by molar-refractivity contribution is -0.113. The van der Waals surface area contributed by atoms with Crippen molar-refractivity contribution in [1.29, 1.82) is 5.41 Å². The smallest absolute Gasteiger partial charge is 0.251 e. The topological polar surface area (TPSA) is 90.1 Å². The molecule has 35 heavy (non-hydrogen) atoms. The molecule has 9 heteroatoms. The van der Waals surface area contributed by atoms with Gasteiger partial charge in [0.05, 0.1) is 5.56 Å². The fraction of sp³-hybridized carbons (Fsp3) is 0.231. The van der Waals surface area contributed by atoms with Crippen molar-refractivity contribution in [3.63, 3.8) is 0 Å². The second-order valence-corrected chi connectivity index (χ2v) is 8.61. The van der Waals surface area contributed by atoms with Crippen molar-refractivity contribution in [2.75, 3.05) is 37.9 Å². The van der Waals surface area contributed by atoms with Crippen molar-refractivity contribution in [1.82, 2.24) is 19.7 Å². The second kappa shape index (κ2) is 11.6. The van der Waals surface area contributed by atoms with Crippen LogP contribution < -0.4 is 10.2 Å². The molecule has 0 aliphatic heterocycles. The average molecular weight is 492 g/mol. The number of aromatic nitrogens is 3. The quantitative estimate of drug-likeness (QED) is 0.324. The van der Waals surface area contributed by atoms with E-state index in [2.05, 4.69) is 5.32 Å². The molecule has 1 aromatic carbocycles. The predicted octanol–water partition coefficient (Wildman–Crippen LogP) is 5.00. The summed E-state index contributed by atoms with van der Waals surface area (Å²) in [5, 5.41) is 17.1. The number of allylic oxidation sites excluding steroid dienone is 1. The molecular formula is C26H30ClN7O. The van der Waals surface area contributed by atoms with E-state index in [0.717, 1.165) is 5.56 Å². The van der Waals surface area contributed by atoms with Crippen LogP contribution in [0.2, 0.25) is 5.02 Å². The van der Waals surface area contributed by atoms with Gasteiger partial charge in [0.2, 0.25) is 0 Å². The standard InChI is InChI=1S/C26H30ClN7O/c1-6-16-29-26-24(18(2)28)25(19-12-14-20(27)15-13-19)31-34(26)22-10-7-9-21(30-22)33(5)23(35)11-8-17-32(3)4/h6-16,28-29H,17H2,1-5H3/b11-8+,16-6-,28-18?. The summed E-state index contributed by atoms with van der Waals surface area (Å²) < 4.78 is 1.65. The molecule has 1 amide bonds. The Morgan fingerprint density at radius 2 is 1.89 bits per heavy atom. The number of rotatable bonds is 9. The van der Waals surface area contributed by atoms with Crippen LogP contribution in [0.15, 0.2) is 66.9 Å². The molecule has 2 heterocycles. The third-order valence-electron chi connectivity index (χ3n) is 5.11. The van der Waals surface area contributed by atoms with Crippen molar-refractivity contribution in [3.8, 4) is 17.1 Å². The zero-order chi connectivity index (χ0) is 25.5. The Morgan fingerprint density at radius 1 is 1.17 bits per heavy atom. The molecule has 0 spiro atoms. The molecule has 0 fully saturated rings. The van der Waals surface area contributed by atoms with Crippen molar-refractivity contribution in [2.24, 2.45) is 0 Å². The zero-order valence-electron chi connectivity index (χ0n) is 20.6. The van der Waals surface area contributed by atoms with E-state index in [1.807, 2.05) is 62.3 Å². The van der Waals surface area contributed by atoms with Gasteiger partial charge >= 0.3 is 0 Å². The normalized spacial score (nSPS) is 11.5. The number of amides is 1. The minimum Gasteiger partial charge on any atom is -0.346 e. The second-order valence-electron chi connectivity index (χ2n) is 8.18. The summed E-state index contributed by atoms with van der Waals surface area (Å²) in [6.07, 6.45) is 6.99. The van der Waals surface area contributed by atoms with Crippen molar-refractivity contribution < 1.29 is 4.79 Å². The van der Waals surface area contributed by atoms with Gasteiger partial charge in [-0.25, -0.2) is 4.98 Å². The third-order valence-corrected chi connectivity index (χ3v) is 5.36. The summed E-state index contributed by atoms with van der Waals surface area (Å²) in [4.78, 5) is 20.8. The number of carbonyl (C=O) groups is 1. The predicted molar refractivity (Wildman–Crippen MR) is 144 cm³/mol. The summed E-state index contributed by atoms with van der Waals surface area (Å²) in [5.41, 5.74) is 2.45. The number of hydrogen-bond donors (Lipinski definition) is 2. The van der Waals surface area contributed by atoms with Crippen LogP contribution in [0.1, 0.15) is 19.4 Å². The monoisotopic (exact) mass is 491 g/mol. The van der Waals surface area contributed by atoms with Crippen LogP contribution in [0.3, 0.4) is 0 Å². The summed E-state index contributed by atoms with van der Waals surface area (Å²) in [6.45, 7) is 4.28. The summed E-state index contributed by atoms with van der Waals surface area (Å²) >= 11 is 6.08. The van der Waals surface area contributed by atoms with Gasteiger partial charge in [0.25, 0.3) is 5.91 Å². The minimum atomic E-state index is -0.179. The SMILES string of the molecule is C/C=C\Nc1c(C(C)=N)c(-c2ccc(Cl)cc2)nn1-c1cccc(N(C)C(=O)/C=C/CN(C)C)n1. The van der Waals surface area contributed by atoms with Gasteiger partial charge in [0, 0.05) is 36.0 Å². The fourth-order valence-electron chi connectivity index (χ4n) is 3.35. The highest BCUT2D eigenvalue weighted by Crippen LogP contribution is 2.32. The van der Waals surface area contributed by atoms with Gasteiger partial charge < -0.3 is 15.6 Å². The molecule has 2 aromatic heterocycles. The van der Waals surface area contributed by atoms with E-state index >= 15 is 0 Å². The van der Waals surface area contributed by atoms with Gasteiger partial charge in [0.1, 0.15) is 17.3 Å². The summed E-state index contributed by atoms with van der Waals surface area (Å²) in [7, 11) is 5.56. The van der Waals surface area contributed by atoms with E-state index in [0.29, 0.717) is 46.0 Å². The van der Waals surface area contributed by atoms with Crippen molar-refractivity contribution in [2.45, 2.75) is 13.8 Å². The fourth-order valence-corrected chi connectivity index (χ4v) is 3.48. The van der Waals surface area contributed by atoms with Crippen LogP contribution in [-0.4, -0.2) is 59.0 Å². The number of pyridine rings is 1. The van der Waals surface area contributed by atoms with Gasteiger partial charge in [-0.2, -0.15) is 9.78 Å². The van der Waals surface area contributed by atoms with E-state index in [-0.39, 0.29) is 5.91 Å². The van der Waals surface area contributed by atoms with Crippen LogP contribution in [-0.2, 0) is 4.79 Å². The first-order valence-corrected chi connectivity index (χ1v) is 11.5. The Hall–Kier alpha value is -3.75. The van der Waals surface area contributed by atoms with E-state index in [9.17, 15) is 4.79 Å². The molecule has 3 aromatic rings. The first-order valence-electron chi connectivity index (χ1n) is 11.1. The molecule has 0 aliphatic carbocycles. The molecule has 8 nitrogen and oxygen atoms in total. The maximum Gasteiger partial charge on any atom is 0.251 e. The van der Waals surface area contributed by atoms with Gasteiger partial charge in [-0.05, 0) is 58.4 Å². The Balaban J connectivity index is 2.09. The van der Waals surface area contributed by atoms with E-state index in [4.69, 9.17) is 27.1 Å². The Labute approximate surface area is 211 Å². The summed E-state index contributed by atoms with van der Waals surface area (Å²) in [6, 6.07) is 12.7. The van der Waals surface area contributed by atoms with E-state index < -0.39 is 0 Å². The highest BCUT2D eigenvalue weighted by Gasteiger charge is 2.22. The molecule has 3 rings (SSSR count). The maximum atomic E-state index is 12.6. The molecule has 0 aliphatic rings.